The number of aromatic nitrogens is 3. The summed E-state index contributed by atoms with van der Waals surface area (Å²) < 4.78 is 5.47. The summed E-state index contributed by atoms with van der Waals surface area (Å²) in [4.78, 5) is 17.3. The Morgan fingerprint density at radius 2 is 2.00 bits per heavy atom. The van der Waals surface area contributed by atoms with Crippen molar-refractivity contribution in [1.82, 2.24) is 15.2 Å². The molecule has 0 spiro atoms. The number of carbonyl (C=O) groups is 1. The van der Waals surface area contributed by atoms with Gasteiger partial charge in [0.25, 0.3) is 0 Å². The first-order valence-corrected chi connectivity index (χ1v) is 12.0. The molecule has 160 valence electrons. The van der Waals surface area contributed by atoms with Gasteiger partial charge >= 0.3 is 0 Å². The molecule has 1 aromatic rings. The van der Waals surface area contributed by atoms with Crippen molar-refractivity contribution < 1.29 is 9.53 Å². The molecule has 0 saturated heterocycles. The predicted molar refractivity (Wildman–Crippen MR) is 111 cm³/mol. The molecule has 0 radical (unpaired) electrons. The number of rotatable bonds is 5. The van der Waals surface area contributed by atoms with Crippen molar-refractivity contribution in [1.29, 1.82) is 0 Å². The molecular formula is C24H37N3O2. The second kappa shape index (κ2) is 7.79. The van der Waals surface area contributed by atoms with Crippen LogP contribution in [-0.4, -0.2) is 34.7 Å². The van der Waals surface area contributed by atoms with Crippen LogP contribution < -0.4 is 0 Å². The molecular weight excluding hydrogens is 362 g/mol. The van der Waals surface area contributed by atoms with E-state index in [0.717, 1.165) is 54.4 Å². The first kappa shape index (κ1) is 19.7. The highest BCUT2D eigenvalue weighted by molar-refractivity contribution is 5.83. The molecule has 4 saturated carbocycles. The minimum atomic E-state index is 0.207. The lowest BCUT2D eigenvalue weighted by atomic mass is 9.49. The molecule has 0 aliphatic heterocycles. The number of ether oxygens (including phenoxy) is 1. The van der Waals surface area contributed by atoms with Crippen LogP contribution >= 0.6 is 0 Å². The second-order valence-corrected chi connectivity index (χ2v) is 10.8. The number of hydrogen-bond acceptors (Lipinski definition) is 4. The van der Waals surface area contributed by atoms with Gasteiger partial charge in [0.05, 0.1) is 6.42 Å². The van der Waals surface area contributed by atoms with Crippen LogP contribution in [0.4, 0.5) is 0 Å². The summed E-state index contributed by atoms with van der Waals surface area (Å²) in [6.07, 6.45) is 13.8. The van der Waals surface area contributed by atoms with Crippen LogP contribution in [0.3, 0.4) is 0 Å². The highest BCUT2D eigenvalue weighted by Gasteiger charge is 2.58. The van der Waals surface area contributed by atoms with E-state index < -0.39 is 0 Å². The number of hydrogen-bond donors (Lipinski definition) is 1. The molecule has 5 heteroatoms. The molecule has 0 bridgehead atoms. The number of methoxy groups -OCH3 is 1. The van der Waals surface area contributed by atoms with Gasteiger partial charge < -0.3 is 4.74 Å². The molecule has 0 amide bonds. The van der Waals surface area contributed by atoms with E-state index in [0.29, 0.717) is 12.2 Å². The third-order valence-electron chi connectivity index (χ3n) is 9.66. The van der Waals surface area contributed by atoms with Crippen molar-refractivity contribution in [3.8, 4) is 0 Å². The van der Waals surface area contributed by atoms with Crippen molar-refractivity contribution in [3.63, 3.8) is 0 Å². The summed E-state index contributed by atoms with van der Waals surface area (Å²) in [5.74, 6) is 6.51. The quantitative estimate of drug-likeness (QED) is 0.794. The molecule has 0 aromatic carbocycles. The van der Waals surface area contributed by atoms with Crippen molar-refractivity contribution >= 4 is 5.78 Å². The zero-order valence-corrected chi connectivity index (χ0v) is 18.1. The third kappa shape index (κ3) is 3.37. The van der Waals surface area contributed by atoms with Crippen LogP contribution in [0.1, 0.15) is 70.5 Å². The molecule has 1 heterocycles. The van der Waals surface area contributed by atoms with Crippen molar-refractivity contribution in [2.24, 2.45) is 46.8 Å². The smallest absolute Gasteiger partial charge is 0.144 e. The molecule has 1 aromatic heterocycles. The Morgan fingerprint density at radius 1 is 1.14 bits per heavy atom. The second-order valence-electron chi connectivity index (χ2n) is 10.8. The van der Waals surface area contributed by atoms with Crippen molar-refractivity contribution in [2.75, 3.05) is 13.7 Å². The van der Waals surface area contributed by atoms with E-state index in [1.807, 2.05) is 7.11 Å². The van der Waals surface area contributed by atoms with Gasteiger partial charge in [-0.15, -0.1) is 0 Å². The maximum atomic E-state index is 13.2. The standard InChI is InChI=1S/C24H37N3O2/c1-24-10-9-18-17-5-3-15(13-29-2)11-16(17)4-6-19(18)20(24)7-8-21(24)22(28)12-23-25-14-26-27-23/h14-21H,3-13H2,1-2H3,(H,25,26,27). The van der Waals surface area contributed by atoms with Crippen molar-refractivity contribution in [2.45, 2.75) is 71.1 Å². The van der Waals surface area contributed by atoms with Crippen LogP contribution in [0, 0.1) is 46.8 Å². The Bertz CT molecular complexity index is 720. The van der Waals surface area contributed by atoms with Crippen molar-refractivity contribution in [3.05, 3.63) is 12.2 Å². The Morgan fingerprint density at radius 3 is 2.79 bits per heavy atom. The van der Waals surface area contributed by atoms with E-state index >= 15 is 0 Å². The lowest BCUT2D eigenvalue weighted by Crippen LogP contribution is -2.49. The zero-order chi connectivity index (χ0) is 20.0. The van der Waals surface area contributed by atoms with Gasteiger partial charge in [-0.2, -0.15) is 5.10 Å². The summed E-state index contributed by atoms with van der Waals surface area (Å²) >= 11 is 0. The molecule has 5 nitrogen and oxygen atoms in total. The average molecular weight is 400 g/mol. The van der Waals surface area contributed by atoms with Gasteiger partial charge in [0.15, 0.2) is 0 Å². The molecule has 29 heavy (non-hydrogen) atoms. The van der Waals surface area contributed by atoms with Gasteiger partial charge in [-0.05, 0) is 98.7 Å². The van der Waals surface area contributed by atoms with Gasteiger partial charge in [0.1, 0.15) is 17.9 Å². The Balaban J connectivity index is 1.28. The van der Waals surface area contributed by atoms with Gasteiger partial charge in [-0.25, -0.2) is 4.98 Å². The predicted octanol–water partition coefficient (Wildman–Crippen LogP) is 4.45. The first-order chi connectivity index (χ1) is 14.1. The van der Waals surface area contributed by atoms with E-state index in [2.05, 4.69) is 22.1 Å². The van der Waals surface area contributed by atoms with E-state index in [9.17, 15) is 4.79 Å². The summed E-state index contributed by atoms with van der Waals surface area (Å²) in [7, 11) is 1.85. The maximum Gasteiger partial charge on any atom is 0.144 e. The molecule has 1 N–H and O–H groups in total. The number of ketones is 1. The van der Waals surface area contributed by atoms with Gasteiger partial charge in [-0.3, -0.25) is 9.89 Å². The average Bonchev–Trinajstić information content (AvgIpc) is 3.34. The molecule has 4 aliphatic carbocycles. The van der Waals surface area contributed by atoms with Crippen LogP contribution in [0.25, 0.3) is 0 Å². The lowest BCUT2D eigenvalue weighted by Gasteiger charge is -2.56. The van der Waals surface area contributed by atoms with Gasteiger partial charge in [-0.1, -0.05) is 6.92 Å². The van der Waals surface area contributed by atoms with E-state index in [4.69, 9.17) is 4.74 Å². The molecule has 4 aliphatic rings. The monoisotopic (exact) mass is 399 g/mol. The minimum Gasteiger partial charge on any atom is -0.384 e. The number of H-pyrrole nitrogens is 1. The van der Waals surface area contributed by atoms with E-state index in [-0.39, 0.29) is 11.3 Å². The SMILES string of the molecule is COCC1CCC2C(CCC3C2CCC2(C)C(C(=O)Cc4ncn[nH]4)CCC32)C1. The lowest BCUT2D eigenvalue weighted by molar-refractivity contribution is -0.130. The third-order valence-corrected chi connectivity index (χ3v) is 9.66. The molecule has 5 rings (SSSR count). The number of nitrogens with one attached hydrogen (secondary N) is 1. The summed E-state index contributed by atoms with van der Waals surface area (Å²) in [6.45, 7) is 3.40. The summed E-state index contributed by atoms with van der Waals surface area (Å²) in [6, 6.07) is 0. The topological polar surface area (TPSA) is 67.9 Å². The maximum absolute atomic E-state index is 13.2. The van der Waals surface area contributed by atoms with E-state index in [1.54, 1.807) is 0 Å². The van der Waals surface area contributed by atoms with Gasteiger partial charge in [0.2, 0.25) is 0 Å². The fourth-order valence-corrected chi connectivity index (χ4v) is 8.47. The van der Waals surface area contributed by atoms with E-state index in [1.165, 1.54) is 57.7 Å². The number of Topliss-reactive ketones (excluding diaryl/α,β-unsaturated/α-hetero) is 1. The number of carbonyl (C=O) groups excluding carboxylic acids is 1. The number of nitrogens with zero attached hydrogens (tertiary/aromatic N) is 2. The number of aromatic amines is 1. The summed E-state index contributed by atoms with van der Waals surface area (Å²) in [5, 5.41) is 6.79. The Kier molecular flexibility index (Phi) is 5.30. The fourth-order valence-electron chi connectivity index (χ4n) is 8.47. The normalized spacial score (nSPS) is 44.0. The first-order valence-electron chi connectivity index (χ1n) is 12.0. The minimum absolute atomic E-state index is 0.207. The molecule has 8 unspecified atom stereocenters. The highest BCUT2D eigenvalue weighted by atomic mass is 16.5. The van der Waals surface area contributed by atoms with Crippen LogP contribution in [-0.2, 0) is 16.0 Å². The van der Waals surface area contributed by atoms with Crippen LogP contribution in [0.2, 0.25) is 0 Å². The Labute approximate surface area is 174 Å². The largest absolute Gasteiger partial charge is 0.384 e. The summed E-state index contributed by atoms with van der Waals surface area (Å²) in [5.41, 5.74) is 0.207. The number of fused-ring (bicyclic) bond motifs is 5. The Hall–Kier alpha value is -1.23. The molecule has 8 atom stereocenters. The van der Waals surface area contributed by atoms with Crippen LogP contribution in [0.5, 0.6) is 0 Å². The zero-order valence-electron chi connectivity index (χ0n) is 18.1. The highest BCUT2D eigenvalue weighted by Crippen LogP contribution is 2.64. The fraction of sp³-hybridized carbons (Fsp3) is 0.875. The van der Waals surface area contributed by atoms with Gasteiger partial charge in [0, 0.05) is 19.6 Å². The molecule has 4 fully saturated rings. The van der Waals surface area contributed by atoms with Crippen LogP contribution in [0.15, 0.2) is 6.33 Å².